The molecule has 0 aliphatic carbocycles. The minimum Gasteiger partial charge on any atom is -0.388 e. The van der Waals surface area contributed by atoms with Crippen LogP contribution in [-0.2, 0) is 22.5 Å². The molecule has 48 heavy (non-hydrogen) atoms. The van der Waals surface area contributed by atoms with E-state index in [1.807, 2.05) is 50.2 Å². The summed E-state index contributed by atoms with van der Waals surface area (Å²) in [5.74, 6) is -3.26. The van der Waals surface area contributed by atoms with Crippen LogP contribution in [0.4, 0.5) is 8.78 Å². The quantitative estimate of drug-likeness (QED) is 0.160. The Balaban J connectivity index is 1.95. The lowest BCUT2D eigenvalue weighted by Crippen LogP contribution is -2.55. The lowest BCUT2D eigenvalue weighted by atomic mass is 9.96. The lowest BCUT2D eigenvalue weighted by molar-refractivity contribution is -0.142. The molecule has 3 rings (SSSR count). The Morgan fingerprint density at radius 3 is 2.21 bits per heavy atom. The highest BCUT2D eigenvalue weighted by Gasteiger charge is 2.35. The third-order valence-corrected chi connectivity index (χ3v) is 7.58. The number of benzene rings is 3. The molecule has 3 N–H and O–H groups in total. The van der Waals surface area contributed by atoms with Crippen LogP contribution in [0.1, 0.15) is 76.9 Å². The summed E-state index contributed by atoms with van der Waals surface area (Å²) >= 11 is 0. The number of nitrogens with zero attached hydrogens (tertiary/aromatic N) is 2. The van der Waals surface area contributed by atoms with Gasteiger partial charge in [-0.3, -0.25) is 14.4 Å². The van der Waals surface area contributed by atoms with E-state index in [2.05, 4.69) is 10.6 Å². The van der Waals surface area contributed by atoms with Crippen molar-refractivity contribution in [3.63, 3.8) is 0 Å². The van der Waals surface area contributed by atoms with Crippen molar-refractivity contribution in [2.45, 2.75) is 77.7 Å². The maximum Gasteiger partial charge on any atom is 0.253 e. The van der Waals surface area contributed by atoms with E-state index in [0.29, 0.717) is 30.3 Å². The Hall–Kier alpha value is -4.66. The Kier molecular flexibility index (Phi) is 15.1. The Labute approximate surface area is 280 Å². The lowest BCUT2D eigenvalue weighted by Gasteiger charge is -2.30. The van der Waals surface area contributed by atoms with E-state index in [1.54, 1.807) is 24.0 Å². The number of hydrogen-bond acceptors (Lipinski definition) is 6. The van der Waals surface area contributed by atoms with Crippen molar-refractivity contribution in [1.82, 2.24) is 15.5 Å². The molecule has 0 aliphatic heterocycles. The monoisotopic (exact) mass is 662 g/mol. The minimum atomic E-state index is -1.69. The maximum atomic E-state index is 14.2. The van der Waals surface area contributed by atoms with Crippen LogP contribution in [-0.4, -0.2) is 65.7 Å². The second-order valence-electron chi connectivity index (χ2n) is 11.7. The van der Waals surface area contributed by atoms with Crippen molar-refractivity contribution in [1.29, 1.82) is 5.26 Å². The fourth-order valence-corrected chi connectivity index (χ4v) is 5.35. The van der Waals surface area contributed by atoms with Gasteiger partial charge in [-0.25, -0.2) is 8.78 Å². The average molecular weight is 663 g/mol. The van der Waals surface area contributed by atoms with Crippen LogP contribution < -0.4 is 10.6 Å². The summed E-state index contributed by atoms with van der Waals surface area (Å²) in [6, 6.07) is 17.4. The van der Waals surface area contributed by atoms with Crippen molar-refractivity contribution in [3.8, 4) is 6.07 Å². The summed E-state index contributed by atoms with van der Waals surface area (Å²) in [6.07, 6.45) is -1.49. The molecule has 0 spiro atoms. The van der Waals surface area contributed by atoms with Crippen molar-refractivity contribution >= 4 is 17.7 Å². The molecule has 9 nitrogen and oxygen atoms in total. The van der Waals surface area contributed by atoms with E-state index < -0.39 is 41.7 Å². The van der Waals surface area contributed by atoms with E-state index in [1.165, 1.54) is 6.07 Å². The van der Waals surface area contributed by atoms with E-state index in [-0.39, 0.29) is 49.4 Å². The molecule has 3 aromatic carbocycles. The molecule has 0 bridgehead atoms. The number of halogens is 2. The molecule has 3 aromatic rings. The highest BCUT2D eigenvalue weighted by molar-refractivity contribution is 6.00. The summed E-state index contributed by atoms with van der Waals surface area (Å²) in [6.45, 7) is 6.91. The number of carbonyl (C=O) groups is 3. The number of carbonyl (C=O) groups excluding carboxylic acids is 3. The van der Waals surface area contributed by atoms with E-state index in [4.69, 9.17) is 10.00 Å². The Bertz CT molecular complexity index is 1540. The normalized spacial score (nSPS) is 12.8. The molecule has 11 heteroatoms. The van der Waals surface area contributed by atoms with Gasteiger partial charge in [0, 0.05) is 49.9 Å². The molecule has 3 amide bonds. The van der Waals surface area contributed by atoms with Gasteiger partial charge in [-0.15, -0.1) is 0 Å². The molecule has 3 unspecified atom stereocenters. The highest BCUT2D eigenvalue weighted by Crippen LogP contribution is 2.18. The summed E-state index contributed by atoms with van der Waals surface area (Å²) in [5.41, 5.74) is 2.03. The number of hydrogen-bond donors (Lipinski definition) is 3. The number of aliphatic hydroxyl groups is 1. The minimum absolute atomic E-state index is 0.0430. The maximum absolute atomic E-state index is 14.2. The van der Waals surface area contributed by atoms with Gasteiger partial charge < -0.3 is 25.4 Å². The zero-order chi connectivity index (χ0) is 35.1. The topological polar surface area (TPSA) is 132 Å². The fourth-order valence-electron chi connectivity index (χ4n) is 5.35. The first-order valence-corrected chi connectivity index (χ1v) is 16.2. The fraction of sp³-hybridized carbons (Fsp3) is 0.405. The molecule has 0 saturated carbocycles. The van der Waals surface area contributed by atoms with Crippen molar-refractivity contribution in [3.05, 3.63) is 106 Å². The average Bonchev–Trinajstić information content (AvgIpc) is 3.06. The van der Waals surface area contributed by atoms with Gasteiger partial charge in [-0.1, -0.05) is 44.2 Å². The second-order valence-corrected chi connectivity index (χ2v) is 11.7. The molecule has 3 atom stereocenters. The summed E-state index contributed by atoms with van der Waals surface area (Å²) in [7, 11) is 0. The largest absolute Gasteiger partial charge is 0.388 e. The van der Waals surface area contributed by atoms with Crippen LogP contribution in [0.3, 0.4) is 0 Å². The van der Waals surface area contributed by atoms with Gasteiger partial charge in [0.2, 0.25) is 0 Å². The number of aliphatic hydroxyl groups excluding tert-OH is 1. The second kappa shape index (κ2) is 19.2. The zero-order valence-electron chi connectivity index (χ0n) is 27.7. The summed E-state index contributed by atoms with van der Waals surface area (Å²) in [4.78, 5) is 42.3. The molecule has 0 saturated heterocycles. The van der Waals surface area contributed by atoms with E-state index in [0.717, 1.165) is 30.5 Å². The number of nitrogens with one attached hydrogen (secondary N) is 2. The Morgan fingerprint density at radius 2 is 1.58 bits per heavy atom. The highest BCUT2D eigenvalue weighted by atomic mass is 19.1. The van der Waals surface area contributed by atoms with Crippen molar-refractivity contribution in [2.24, 2.45) is 0 Å². The SMILES string of the molecule is CCCN(CCC)C(=O)c1cc(C)cc(C(=O)NC(Cc2cc(F)cc(F)c2)C(O)C(OCCCC#N)C(=O)NCc2ccccc2)c1. The first-order valence-electron chi connectivity index (χ1n) is 16.2. The number of rotatable bonds is 18. The predicted octanol–water partition coefficient (Wildman–Crippen LogP) is 5.24. The first kappa shape index (κ1) is 37.8. The van der Waals surface area contributed by atoms with Gasteiger partial charge >= 0.3 is 0 Å². The first-order chi connectivity index (χ1) is 23.1. The predicted molar refractivity (Wildman–Crippen MR) is 178 cm³/mol. The number of ether oxygens (including phenoxy) is 1. The molecule has 0 heterocycles. The van der Waals surface area contributed by atoms with Crippen molar-refractivity contribution in [2.75, 3.05) is 19.7 Å². The zero-order valence-corrected chi connectivity index (χ0v) is 27.7. The van der Waals surface area contributed by atoms with Gasteiger partial charge in [0.1, 0.15) is 17.7 Å². The summed E-state index contributed by atoms with van der Waals surface area (Å²) in [5, 5.41) is 26.1. The molecular weight excluding hydrogens is 618 g/mol. The van der Waals surface area contributed by atoms with E-state index >= 15 is 0 Å². The molecule has 256 valence electrons. The smallest absolute Gasteiger partial charge is 0.253 e. The number of nitriles is 1. The molecule has 0 aromatic heterocycles. The molecule has 0 radical (unpaired) electrons. The molecule has 0 aliphatic rings. The summed E-state index contributed by atoms with van der Waals surface area (Å²) < 4.78 is 34.2. The van der Waals surface area contributed by atoms with Crippen LogP contribution >= 0.6 is 0 Å². The number of aryl methyl sites for hydroxylation is 1. The van der Waals surface area contributed by atoms with Crippen LogP contribution in [0.15, 0.2) is 66.7 Å². The third kappa shape index (κ3) is 11.5. The van der Waals surface area contributed by atoms with E-state index in [9.17, 15) is 28.3 Å². The standard InChI is InChI=1S/C37H44F2N4O5/c1-4-14-43(15-5-2)37(47)29-18-25(3)17-28(22-29)35(45)42-32(21-27-19-30(38)23-31(39)20-27)33(44)34(48-16-10-9-13-40)36(46)41-24-26-11-7-6-8-12-26/h6-8,11-12,17-20,22-23,32-34,44H,4-5,9-10,14-16,21,24H2,1-3H3,(H,41,46)(H,42,45). The van der Waals surface area contributed by atoms with Gasteiger partial charge in [-0.2, -0.15) is 5.26 Å². The van der Waals surface area contributed by atoms with Gasteiger partial charge in [0.15, 0.2) is 6.10 Å². The number of amides is 3. The van der Waals surface area contributed by atoms with Crippen molar-refractivity contribution < 1.29 is 33.0 Å². The van der Waals surface area contributed by atoms with Crippen LogP contribution in [0.2, 0.25) is 0 Å². The molecule has 0 fully saturated rings. The van der Waals surface area contributed by atoms with Crippen LogP contribution in [0.25, 0.3) is 0 Å². The van der Waals surface area contributed by atoms with Crippen LogP contribution in [0.5, 0.6) is 0 Å². The molecular formula is C37H44F2N4O5. The third-order valence-electron chi connectivity index (χ3n) is 7.58. The van der Waals surface area contributed by atoms with Gasteiger partial charge in [-0.05, 0) is 79.6 Å². The van der Waals surface area contributed by atoms with Gasteiger partial charge in [0.05, 0.1) is 12.1 Å². The van der Waals surface area contributed by atoms with Crippen LogP contribution in [0, 0.1) is 29.9 Å². The Morgan fingerprint density at radius 1 is 0.938 bits per heavy atom. The number of unbranched alkanes of at least 4 members (excludes halogenated alkanes) is 1. The van der Waals surface area contributed by atoms with Gasteiger partial charge in [0.25, 0.3) is 17.7 Å².